The van der Waals surface area contributed by atoms with Crippen LogP contribution in [0.4, 0.5) is 11.4 Å². The number of hydrogen-bond donors (Lipinski definition) is 1. The van der Waals surface area contributed by atoms with E-state index in [4.69, 9.17) is 14.2 Å². The quantitative estimate of drug-likeness (QED) is 0.566. The number of ether oxygens (including phenoxy) is 3. The first-order valence-electron chi connectivity index (χ1n) is 9.00. The van der Waals surface area contributed by atoms with Gasteiger partial charge in [-0.2, -0.15) is 0 Å². The molecule has 0 aliphatic heterocycles. The number of nitro benzene ring substituents is 1. The van der Waals surface area contributed by atoms with Crippen molar-refractivity contribution in [1.82, 2.24) is 0 Å². The molecule has 2 aromatic rings. The highest BCUT2D eigenvalue weighted by Crippen LogP contribution is 2.34. The van der Waals surface area contributed by atoms with E-state index in [-0.39, 0.29) is 23.1 Å². The van der Waals surface area contributed by atoms with Crippen LogP contribution in [0.15, 0.2) is 36.4 Å². The molecule has 3 rings (SSSR count). The Kier molecular flexibility index (Phi) is 5.98. The summed E-state index contributed by atoms with van der Waals surface area (Å²) in [6, 6.07) is 9.17. The summed E-state index contributed by atoms with van der Waals surface area (Å²) < 4.78 is 16.3. The number of carbonyl (C=O) groups excluding carboxylic acids is 1. The molecule has 1 aliphatic rings. The monoisotopic (exact) mass is 386 g/mol. The first kappa shape index (κ1) is 19.5. The molecule has 8 heteroatoms. The van der Waals surface area contributed by atoms with Gasteiger partial charge in [0.1, 0.15) is 0 Å². The summed E-state index contributed by atoms with van der Waals surface area (Å²) in [5.74, 6) is 0.777. The molecule has 0 radical (unpaired) electrons. The van der Waals surface area contributed by atoms with E-state index in [0.717, 1.165) is 25.7 Å². The second kappa shape index (κ2) is 8.60. The number of anilines is 1. The lowest BCUT2D eigenvalue weighted by Gasteiger charge is -2.17. The van der Waals surface area contributed by atoms with Gasteiger partial charge in [-0.3, -0.25) is 14.9 Å². The van der Waals surface area contributed by atoms with Gasteiger partial charge in [0, 0.05) is 23.4 Å². The topological polar surface area (TPSA) is 99.9 Å². The Morgan fingerprint density at radius 3 is 2.36 bits per heavy atom. The fraction of sp³-hybridized carbons (Fsp3) is 0.350. The van der Waals surface area contributed by atoms with Gasteiger partial charge in [0.05, 0.1) is 25.2 Å². The standard InChI is InChI=1S/C20H22N2O6/c1-26-17-9-7-13(11-16(17)22(24)25)20(23)21-14-8-10-18(27-2)19(12-14)28-15-5-3-4-6-15/h7-12,15H,3-6H2,1-2H3,(H,21,23). The van der Waals surface area contributed by atoms with Gasteiger partial charge < -0.3 is 19.5 Å². The van der Waals surface area contributed by atoms with E-state index in [2.05, 4.69) is 5.32 Å². The molecule has 1 N–H and O–H groups in total. The van der Waals surface area contributed by atoms with Crippen LogP contribution in [-0.2, 0) is 0 Å². The van der Waals surface area contributed by atoms with Crippen molar-refractivity contribution in [3.8, 4) is 17.2 Å². The van der Waals surface area contributed by atoms with Crippen LogP contribution >= 0.6 is 0 Å². The van der Waals surface area contributed by atoms with Crippen molar-refractivity contribution < 1.29 is 23.9 Å². The molecule has 2 aromatic carbocycles. The van der Waals surface area contributed by atoms with Gasteiger partial charge in [-0.25, -0.2) is 0 Å². The summed E-state index contributed by atoms with van der Waals surface area (Å²) in [5, 5.41) is 13.9. The highest BCUT2D eigenvalue weighted by molar-refractivity contribution is 6.05. The first-order valence-corrected chi connectivity index (χ1v) is 9.00. The molecule has 8 nitrogen and oxygen atoms in total. The van der Waals surface area contributed by atoms with Gasteiger partial charge in [0.25, 0.3) is 5.91 Å². The molecule has 0 heterocycles. The fourth-order valence-electron chi connectivity index (χ4n) is 3.21. The lowest BCUT2D eigenvalue weighted by Crippen LogP contribution is -2.14. The van der Waals surface area contributed by atoms with Crippen LogP contribution in [0.5, 0.6) is 17.2 Å². The first-order chi connectivity index (χ1) is 13.5. The van der Waals surface area contributed by atoms with Crippen molar-refractivity contribution in [3.05, 3.63) is 52.1 Å². The number of methoxy groups -OCH3 is 2. The van der Waals surface area contributed by atoms with Crippen molar-refractivity contribution >= 4 is 17.3 Å². The van der Waals surface area contributed by atoms with Gasteiger partial charge in [-0.1, -0.05) is 0 Å². The molecular formula is C20H22N2O6. The maximum absolute atomic E-state index is 12.6. The summed E-state index contributed by atoms with van der Waals surface area (Å²) in [6.07, 6.45) is 4.41. The number of benzene rings is 2. The van der Waals surface area contributed by atoms with Gasteiger partial charge >= 0.3 is 5.69 Å². The Bertz CT molecular complexity index is 877. The molecule has 148 valence electrons. The molecule has 1 saturated carbocycles. The van der Waals surface area contributed by atoms with Crippen LogP contribution in [0.3, 0.4) is 0 Å². The second-order valence-electron chi connectivity index (χ2n) is 6.49. The molecule has 0 bridgehead atoms. The molecule has 0 saturated heterocycles. The average Bonchev–Trinajstić information content (AvgIpc) is 3.20. The van der Waals surface area contributed by atoms with Crippen LogP contribution in [-0.4, -0.2) is 31.2 Å². The van der Waals surface area contributed by atoms with Crippen LogP contribution in [0.25, 0.3) is 0 Å². The number of rotatable bonds is 7. The Morgan fingerprint density at radius 2 is 1.71 bits per heavy atom. The fourth-order valence-corrected chi connectivity index (χ4v) is 3.21. The molecule has 0 aromatic heterocycles. The smallest absolute Gasteiger partial charge is 0.311 e. The van der Waals surface area contributed by atoms with Crippen LogP contribution < -0.4 is 19.5 Å². The molecule has 1 amide bonds. The highest BCUT2D eigenvalue weighted by atomic mass is 16.6. The van der Waals surface area contributed by atoms with E-state index in [1.807, 2.05) is 0 Å². The van der Waals surface area contributed by atoms with E-state index in [0.29, 0.717) is 17.2 Å². The van der Waals surface area contributed by atoms with Crippen molar-refractivity contribution in [1.29, 1.82) is 0 Å². The maximum atomic E-state index is 12.6. The van der Waals surface area contributed by atoms with Crippen LogP contribution in [0, 0.1) is 10.1 Å². The molecule has 0 unspecified atom stereocenters. The summed E-state index contributed by atoms with van der Waals surface area (Å²) in [6.45, 7) is 0. The highest BCUT2D eigenvalue weighted by Gasteiger charge is 2.20. The molecule has 28 heavy (non-hydrogen) atoms. The van der Waals surface area contributed by atoms with E-state index in [1.54, 1.807) is 25.3 Å². The van der Waals surface area contributed by atoms with Gasteiger partial charge in [0.15, 0.2) is 17.2 Å². The molecule has 1 aliphatic carbocycles. The second-order valence-corrected chi connectivity index (χ2v) is 6.49. The van der Waals surface area contributed by atoms with Crippen molar-refractivity contribution in [2.45, 2.75) is 31.8 Å². The SMILES string of the molecule is COc1ccc(NC(=O)c2ccc(OC)c([N+](=O)[O-])c2)cc1OC1CCCC1. The Hall–Kier alpha value is -3.29. The molecule has 1 fully saturated rings. The lowest BCUT2D eigenvalue weighted by molar-refractivity contribution is -0.385. The number of nitrogens with zero attached hydrogens (tertiary/aromatic N) is 1. The van der Waals surface area contributed by atoms with Crippen LogP contribution in [0.2, 0.25) is 0 Å². The normalized spacial score (nSPS) is 13.8. The summed E-state index contributed by atoms with van der Waals surface area (Å²) in [7, 11) is 2.90. The third kappa shape index (κ3) is 4.33. The maximum Gasteiger partial charge on any atom is 0.311 e. The minimum Gasteiger partial charge on any atom is -0.493 e. The number of amides is 1. The zero-order valence-electron chi connectivity index (χ0n) is 15.8. The average molecular weight is 386 g/mol. The van der Waals surface area contributed by atoms with E-state index in [1.165, 1.54) is 25.3 Å². The van der Waals surface area contributed by atoms with Gasteiger partial charge in [-0.15, -0.1) is 0 Å². The number of nitro groups is 1. The zero-order chi connectivity index (χ0) is 20.1. The number of carbonyl (C=O) groups is 1. The molecular weight excluding hydrogens is 364 g/mol. The van der Waals surface area contributed by atoms with Crippen molar-refractivity contribution in [3.63, 3.8) is 0 Å². The number of nitrogens with one attached hydrogen (secondary N) is 1. The van der Waals surface area contributed by atoms with E-state index in [9.17, 15) is 14.9 Å². The Labute approximate surface area is 162 Å². The molecule has 0 spiro atoms. The largest absolute Gasteiger partial charge is 0.493 e. The predicted molar refractivity (Wildman–Crippen MR) is 103 cm³/mol. The van der Waals surface area contributed by atoms with Crippen molar-refractivity contribution in [2.24, 2.45) is 0 Å². The minimum atomic E-state index is -0.587. The van der Waals surface area contributed by atoms with Crippen LogP contribution in [0.1, 0.15) is 36.0 Å². The Balaban J connectivity index is 1.80. The third-order valence-corrected chi connectivity index (χ3v) is 4.66. The zero-order valence-corrected chi connectivity index (χ0v) is 15.8. The number of hydrogen-bond acceptors (Lipinski definition) is 6. The van der Waals surface area contributed by atoms with E-state index < -0.39 is 10.8 Å². The summed E-state index contributed by atoms with van der Waals surface area (Å²) >= 11 is 0. The predicted octanol–water partition coefficient (Wildman–Crippen LogP) is 4.19. The third-order valence-electron chi connectivity index (χ3n) is 4.66. The lowest BCUT2D eigenvalue weighted by atomic mass is 10.1. The summed E-state index contributed by atoms with van der Waals surface area (Å²) in [4.78, 5) is 23.1. The van der Waals surface area contributed by atoms with E-state index >= 15 is 0 Å². The minimum absolute atomic E-state index is 0.0956. The van der Waals surface area contributed by atoms with Crippen molar-refractivity contribution in [2.75, 3.05) is 19.5 Å². The Morgan fingerprint density at radius 1 is 1.04 bits per heavy atom. The van der Waals surface area contributed by atoms with Gasteiger partial charge in [-0.05, 0) is 49.9 Å². The molecule has 0 atom stereocenters. The van der Waals surface area contributed by atoms with Gasteiger partial charge in [0.2, 0.25) is 0 Å². The summed E-state index contributed by atoms with van der Waals surface area (Å²) in [5.41, 5.74) is 0.397.